The summed E-state index contributed by atoms with van der Waals surface area (Å²) >= 11 is 3.45. The molecule has 0 fully saturated rings. The molecule has 3 aromatic rings. The third-order valence-electron chi connectivity index (χ3n) is 3.34. The van der Waals surface area contributed by atoms with E-state index in [0.717, 1.165) is 15.6 Å². The fourth-order valence-electron chi connectivity index (χ4n) is 2.22. The van der Waals surface area contributed by atoms with Crippen molar-refractivity contribution in [2.24, 2.45) is 0 Å². The van der Waals surface area contributed by atoms with Gasteiger partial charge in [0.25, 0.3) is 5.91 Å². The number of thiazole rings is 1. The van der Waals surface area contributed by atoms with Crippen LogP contribution in [0.25, 0.3) is 10.2 Å². The molecule has 3 rings (SSSR count). The molecule has 0 unspecified atom stereocenters. The minimum Gasteiger partial charge on any atom is -0.347 e. The SMILES string of the molecule is CC(C)(C)NC(=O)c1ccc(CSc2nc3ccccc3s2)cc1. The van der Waals surface area contributed by atoms with Gasteiger partial charge in [-0.05, 0) is 50.6 Å². The van der Waals surface area contributed by atoms with Gasteiger partial charge in [0.2, 0.25) is 0 Å². The van der Waals surface area contributed by atoms with Crippen molar-refractivity contribution < 1.29 is 4.79 Å². The monoisotopic (exact) mass is 356 g/mol. The van der Waals surface area contributed by atoms with Gasteiger partial charge < -0.3 is 5.32 Å². The van der Waals surface area contributed by atoms with Crippen LogP contribution in [0.3, 0.4) is 0 Å². The summed E-state index contributed by atoms with van der Waals surface area (Å²) in [6, 6.07) is 16.0. The zero-order valence-corrected chi connectivity index (χ0v) is 15.6. The minimum absolute atomic E-state index is 0.0344. The van der Waals surface area contributed by atoms with Gasteiger partial charge in [-0.25, -0.2) is 4.98 Å². The van der Waals surface area contributed by atoms with E-state index < -0.39 is 0 Å². The highest BCUT2D eigenvalue weighted by Gasteiger charge is 2.15. The lowest BCUT2D eigenvalue weighted by atomic mass is 10.1. The Labute approximate surface area is 150 Å². The molecule has 0 bridgehead atoms. The van der Waals surface area contributed by atoms with Crippen molar-refractivity contribution in [1.82, 2.24) is 10.3 Å². The van der Waals surface area contributed by atoms with Crippen molar-refractivity contribution in [2.75, 3.05) is 0 Å². The number of rotatable bonds is 4. The Morgan fingerprint density at radius 3 is 2.50 bits per heavy atom. The lowest BCUT2D eigenvalue weighted by molar-refractivity contribution is 0.0919. The molecule has 1 heterocycles. The molecule has 1 aromatic heterocycles. The van der Waals surface area contributed by atoms with Crippen LogP contribution in [-0.4, -0.2) is 16.4 Å². The van der Waals surface area contributed by atoms with Gasteiger partial charge in [-0.15, -0.1) is 11.3 Å². The molecule has 124 valence electrons. The molecule has 3 nitrogen and oxygen atoms in total. The van der Waals surface area contributed by atoms with Crippen LogP contribution >= 0.6 is 23.1 Å². The first-order chi connectivity index (χ1) is 11.4. The highest BCUT2D eigenvalue weighted by Crippen LogP contribution is 2.31. The number of carbonyl (C=O) groups is 1. The Kier molecular flexibility index (Phi) is 4.92. The first-order valence-corrected chi connectivity index (χ1v) is 9.61. The third kappa shape index (κ3) is 4.36. The quantitative estimate of drug-likeness (QED) is 0.660. The van der Waals surface area contributed by atoms with Crippen molar-refractivity contribution in [3.05, 3.63) is 59.7 Å². The zero-order valence-electron chi connectivity index (χ0n) is 14.0. The lowest BCUT2D eigenvalue weighted by Gasteiger charge is -2.20. The topological polar surface area (TPSA) is 42.0 Å². The lowest BCUT2D eigenvalue weighted by Crippen LogP contribution is -2.40. The maximum atomic E-state index is 12.1. The third-order valence-corrected chi connectivity index (χ3v) is 5.59. The van der Waals surface area contributed by atoms with E-state index in [2.05, 4.69) is 16.4 Å². The fraction of sp³-hybridized carbons (Fsp3) is 0.263. The van der Waals surface area contributed by atoms with Crippen molar-refractivity contribution >= 4 is 39.2 Å². The smallest absolute Gasteiger partial charge is 0.251 e. The van der Waals surface area contributed by atoms with Crippen LogP contribution in [0.2, 0.25) is 0 Å². The summed E-state index contributed by atoms with van der Waals surface area (Å²) in [6.07, 6.45) is 0. The Morgan fingerprint density at radius 2 is 1.83 bits per heavy atom. The summed E-state index contributed by atoms with van der Waals surface area (Å²) in [5, 5.41) is 2.98. The van der Waals surface area contributed by atoms with E-state index in [1.807, 2.05) is 63.2 Å². The van der Waals surface area contributed by atoms with Crippen LogP contribution in [0.1, 0.15) is 36.7 Å². The van der Waals surface area contributed by atoms with Gasteiger partial charge in [0.15, 0.2) is 4.34 Å². The molecule has 0 aliphatic rings. The van der Waals surface area contributed by atoms with E-state index in [0.29, 0.717) is 5.56 Å². The molecule has 1 N–H and O–H groups in total. The second-order valence-electron chi connectivity index (χ2n) is 6.64. The van der Waals surface area contributed by atoms with Crippen LogP contribution in [0.4, 0.5) is 0 Å². The summed E-state index contributed by atoms with van der Waals surface area (Å²) in [4.78, 5) is 16.8. The second-order valence-corrected chi connectivity index (χ2v) is 8.89. The molecule has 0 atom stereocenters. The summed E-state index contributed by atoms with van der Waals surface area (Å²) in [5.74, 6) is 0.814. The number of fused-ring (bicyclic) bond motifs is 1. The van der Waals surface area contributed by atoms with E-state index >= 15 is 0 Å². The number of nitrogens with one attached hydrogen (secondary N) is 1. The molecule has 2 aromatic carbocycles. The van der Waals surface area contributed by atoms with Crippen molar-refractivity contribution in [3.8, 4) is 0 Å². The summed E-state index contributed by atoms with van der Waals surface area (Å²) in [7, 11) is 0. The highest BCUT2D eigenvalue weighted by molar-refractivity contribution is 8.00. The first-order valence-electron chi connectivity index (χ1n) is 7.80. The number of para-hydroxylation sites is 1. The number of hydrogen-bond donors (Lipinski definition) is 1. The predicted molar refractivity (Wildman–Crippen MR) is 103 cm³/mol. The molecular weight excluding hydrogens is 336 g/mol. The van der Waals surface area contributed by atoms with Crippen molar-refractivity contribution in [1.29, 1.82) is 0 Å². The van der Waals surface area contributed by atoms with Crippen LogP contribution in [0.15, 0.2) is 52.9 Å². The molecule has 24 heavy (non-hydrogen) atoms. The molecule has 0 aliphatic heterocycles. The fourth-order valence-corrected chi connectivity index (χ4v) is 4.25. The molecule has 1 amide bonds. The van der Waals surface area contributed by atoms with Gasteiger partial charge in [0.05, 0.1) is 10.2 Å². The minimum atomic E-state index is -0.224. The van der Waals surface area contributed by atoms with Gasteiger partial charge in [0.1, 0.15) is 0 Å². The maximum Gasteiger partial charge on any atom is 0.251 e. The van der Waals surface area contributed by atoms with E-state index in [4.69, 9.17) is 0 Å². The summed E-state index contributed by atoms with van der Waals surface area (Å²) in [5.41, 5.74) is 2.71. The molecule has 0 saturated carbocycles. The maximum absolute atomic E-state index is 12.1. The van der Waals surface area contributed by atoms with Gasteiger partial charge >= 0.3 is 0 Å². The van der Waals surface area contributed by atoms with Gasteiger partial charge in [0, 0.05) is 16.9 Å². The molecule has 5 heteroatoms. The first kappa shape index (κ1) is 17.0. The van der Waals surface area contributed by atoms with Gasteiger partial charge in [-0.2, -0.15) is 0 Å². The normalized spacial score (nSPS) is 11.6. The predicted octanol–water partition coefficient (Wildman–Crippen LogP) is 5.12. The standard InChI is InChI=1S/C19H20N2OS2/c1-19(2,3)21-17(22)14-10-8-13(9-11-14)12-23-18-20-15-6-4-5-7-16(15)24-18/h4-11H,12H2,1-3H3,(H,21,22). The number of benzene rings is 2. The summed E-state index contributed by atoms with van der Waals surface area (Å²) < 4.78 is 2.29. The number of nitrogens with zero attached hydrogens (tertiary/aromatic N) is 1. The van der Waals surface area contributed by atoms with E-state index in [9.17, 15) is 4.79 Å². The van der Waals surface area contributed by atoms with Crippen LogP contribution < -0.4 is 5.32 Å². The van der Waals surface area contributed by atoms with Crippen LogP contribution in [-0.2, 0) is 5.75 Å². The Bertz CT molecular complexity index is 815. The largest absolute Gasteiger partial charge is 0.347 e. The molecule has 0 aliphatic carbocycles. The number of aromatic nitrogens is 1. The van der Waals surface area contributed by atoms with Gasteiger partial charge in [-0.3, -0.25) is 4.79 Å². The molecular formula is C19H20N2OS2. The highest BCUT2D eigenvalue weighted by atomic mass is 32.2. The number of amides is 1. The van der Waals surface area contributed by atoms with Gasteiger partial charge in [-0.1, -0.05) is 36.0 Å². The Morgan fingerprint density at radius 1 is 1.12 bits per heavy atom. The molecule has 0 spiro atoms. The van der Waals surface area contributed by atoms with Crippen LogP contribution in [0, 0.1) is 0 Å². The average molecular weight is 357 g/mol. The second kappa shape index (κ2) is 6.95. The molecule has 0 radical (unpaired) electrons. The van der Waals surface area contributed by atoms with E-state index in [-0.39, 0.29) is 11.4 Å². The van der Waals surface area contributed by atoms with E-state index in [1.165, 1.54) is 10.3 Å². The van der Waals surface area contributed by atoms with Crippen molar-refractivity contribution in [3.63, 3.8) is 0 Å². The number of thioether (sulfide) groups is 1. The average Bonchev–Trinajstić information content (AvgIpc) is 2.94. The Hall–Kier alpha value is -1.85. The molecule has 0 saturated heterocycles. The van der Waals surface area contributed by atoms with Crippen LogP contribution in [0.5, 0.6) is 0 Å². The van der Waals surface area contributed by atoms with Crippen molar-refractivity contribution in [2.45, 2.75) is 36.4 Å². The summed E-state index contributed by atoms with van der Waals surface area (Å²) in [6.45, 7) is 5.94. The Balaban J connectivity index is 1.63. The van der Waals surface area contributed by atoms with E-state index in [1.54, 1.807) is 23.1 Å². The number of hydrogen-bond acceptors (Lipinski definition) is 4. The zero-order chi connectivity index (χ0) is 17.2. The number of carbonyl (C=O) groups excluding carboxylic acids is 1.